The number of benzene rings is 2. The van der Waals surface area contributed by atoms with Crippen molar-refractivity contribution in [1.29, 1.82) is 0 Å². The Kier molecular flexibility index (Phi) is 6.58. The predicted molar refractivity (Wildman–Crippen MR) is 104 cm³/mol. The topological polar surface area (TPSA) is 44.8 Å². The van der Waals surface area contributed by atoms with Crippen LogP contribution in [0.25, 0.3) is 0 Å². The van der Waals surface area contributed by atoms with Crippen LogP contribution in [-0.2, 0) is 19.0 Å². The molecule has 0 aliphatic carbocycles. The second kappa shape index (κ2) is 9.31. The van der Waals surface area contributed by atoms with Gasteiger partial charge in [0.25, 0.3) is 0 Å². The van der Waals surface area contributed by atoms with Gasteiger partial charge in [0.05, 0.1) is 13.2 Å². The molecule has 1 aliphatic rings. The van der Waals surface area contributed by atoms with Crippen molar-refractivity contribution < 1.29 is 19.0 Å². The van der Waals surface area contributed by atoms with Crippen molar-refractivity contribution in [1.82, 2.24) is 0 Å². The first-order chi connectivity index (χ1) is 13.2. The summed E-state index contributed by atoms with van der Waals surface area (Å²) in [5.41, 5.74) is 1.83. The highest BCUT2D eigenvalue weighted by molar-refractivity contribution is 5.76. The molecule has 0 radical (unpaired) electrons. The van der Waals surface area contributed by atoms with Crippen LogP contribution in [0.4, 0.5) is 0 Å². The molecule has 1 fully saturated rings. The quantitative estimate of drug-likeness (QED) is 0.562. The number of esters is 1. The highest BCUT2D eigenvalue weighted by Crippen LogP contribution is 2.38. The van der Waals surface area contributed by atoms with Gasteiger partial charge in [-0.3, -0.25) is 0 Å². The Balaban J connectivity index is 1.97. The lowest BCUT2D eigenvalue weighted by Crippen LogP contribution is -2.40. The van der Waals surface area contributed by atoms with Crippen LogP contribution in [-0.4, -0.2) is 25.3 Å². The zero-order valence-corrected chi connectivity index (χ0v) is 15.2. The van der Waals surface area contributed by atoms with E-state index in [0.717, 1.165) is 11.1 Å². The third-order valence-electron chi connectivity index (χ3n) is 4.56. The minimum Gasteiger partial charge on any atom is -0.452 e. The highest BCUT2D eigenvalue weighted by Gasteiger charge is 2.38. The number of carbonyl (C=O) groups is 1. The summed E-state index contributed by atoms with van der Waals surface area (Å²) >= 11 is 0. The molecule has 0 spiro atoms. The Labute approximate surface area is 160 Å². The molecule has 2 aromatic carbocycles. The Hall–Kier alpha value is -2.69. The van der Waals surface area contributed by atoms with Gasteiger partial charge in [-0.05, 0) is 11.1 Å². The molecule has 0 bridgehead atoms. The van der Waals surface area contributed by atoms with E-state index in [2.05, 4.69) is 13.2 Å². The summed E-state index contributed by atoms with van der Waals surface area (Å²) in [6.45, 7) is 8.03. The first kappa shape index (κ1) is 19.1. The van der Waals surface area contributed by atoms with E-state index in [1.807, 2.05) is 60.7 Å². The van der Waals surface area contributed by atoms with E-state index in [9.17, 15) is 4.79 Å². The average Bonchev–Trinajstić information content (AvgIpc) is 2.71. The summed E-state index contributed by atoms with van der Waals surface area (Å²) in [5, 5.41) is 0. The van der Waals surface area contributed by atoms with E-state index in [1.165, 1.54) is 0 Å². The van der Waals surface area contributed by atoms with E-state index >= 15 is 0 Å². The molecule has 0 aromatic heterocycles. The van der Waals surface area contributed by atoms with Crippen LogP contribution in [0, 0.1) is 5.92 Å². The van der Waals surface area contributed by atoms with Crippen LogP contribution in [0.2, 0.25) is 0 Å². The SMILES string of the molecule is C=CCO[C@H]1C(=O)O[C@H](c2ccccc2)[C@@H](c2ccccc2)OC[C@H]1C=C. The summed E-state index contributed by atoms with van der Waals surface area (Å²) in [4.78, 5) is 12.9. The number of carbonyl (C=O) groups excluding carboxylic acids is 1. The van der Waals surface area contributed by atoms with Crippen LogP contribution in [0.3, 0.4) is 0 Å². The molecule has 1 saturated heterocycles. The molecule has 3 rings (SSSR count). The summed E-state index contributed by atoms with van der Waals surface area (Å²) in [7, 11) is 0. The van der Waals surface area contributed by atoms with Crippen LogP contribution in [0.5, 0.6) is 0 Å². The van der Waals surface area contributed by atoms with Crippen molar-refractivity contribution in [2.75, 3.05) is 13.2 Å². The molecular formula is C23H24O4. The largest absolute Gasteiger partial charge is 0.452 e. The Bertz CT molecular complexity index is 756. The van der Waals surface area contributed by atoms with Gasteiger partial charge >= 0.3 is 5.97 Å². The van der Waals surface area contributed by atoms with Gasteiger partial charge in [0.1, 0.15) is 6.10 Å². The number of cyclic esters (lactones) is 1. The van der Waals surface area contributed by atoms with Gasteiger partial charge in [-0.25, -0.2) is 4.79 Å². The summed E-state index contributed by atoms with van der Waals surface area (Å²) in [6, 6.07) is 19.4. The maximum atomic E-state index is 12.9. The number of rotatable bonds is 6. The van der Waals surface area contributed by atoms with Crippen molar-refractivity contribution in [3.8, 4) is 0 Å². The maximum absolute atomic E-state index is 12.9. The molecule has 4 heteroatoms. The fraction of sp³-hybridized carbons (Fsp3) is 0.261. The average molecular weight is 364 g/mol. The predicted octanol–water partition coefficient (Wildman–Crippen LogP) is 4.42. The molecule has 0 unspecified atom stereocenters. The van der Waals surface area contributed by atoms with E-state index in [4.69, 9.17) is 14.2 Å². The minimum atomic E-state index is -0.775. The molecule has 4 atom stereocenters. The normalized spacial score (nSPS) is 25.7. The molecule has 0 saturated carbocycles. The zero-order chi connectivity index (χ0) is 19.1. The van der Waals surface area contributed by atoms with Gasteiger partial charge in [0, 0.05) is 5.92 Å². The van der Waals surface area contributed by atoms with E-state index < -0.39 is 24.3 Å². The van der Waals surface area contributed by atoms with Crippen molar-refractivity contribution in [3.63, 3.8) is 0 Å². The van der Waals surface area contributed by atoms with Crippen LogP contribution in [0.15, 0.2) is 86.0 Å². The monoisotopic (exact) mass is 364 g/mol. The Morgan fingerprint density at radius 3 is 2.11 bits per heavy atom. The van der Waals surface area contributed by atoms with E-state index in [-0.39, 0.29) is 12.5 Å². The molecule has 2 aromatic rings. The molecule has 4 nitrogen and oxygen atoms in total. The maximum Gasteiger partial charge on any atom is 0.336 e. The summed E-state index contributed by atoms with van der Waals surface area (Å²) < 4.78 is 17.8. The summed E-state index contributed by atoms with van der Waals surface area (Å²) in [6.07, 6.45) is 1.53. The molecule has 0 amide bonds. The van der Waals surface area contributed by atoms with Crippen molar-refractivity contribution in [3.05, 3.63) is 97.1 Å². The van der Waals surface area contributed by atoms with Gasteiger partial charge in [-0.2, -0.15) is 0 Å². The van der Waals surface area contributed by atoms with E-state index in [0.29, 0.717) is 6.61 Å². The number of hydrogen-bond acceptors (Lipinski definition) is 4. The lowest BCUT2D eigenvalue weighted by atomic mass is 9.95. The lowest BCUT2D eigenvalue weighted by molar-refractivity contribution is -0.185. The standard InChI is InChI=1S/C23H24O4/c1-3-15-25-22-17(4-2)16-26-20(18-11-7-5-8-12-18)21(27-23(22)24)19-13-9-6-10-14-19/h3-14,17,20-22H,1-2,15-16H2/t17-,20-,21-,22-/m1/s1. The second-order valence-corrected chi connectivity index (χ2v) is 6.37. The molecular weight excluding hydrogens is 340 g/mol. The first-order valence-electron chi connectivity index (χ1n) is 9.01. The van der Waals surface area contributed by atoms with Gasteiger partial charge in [-0.15, -0.1) is 13.2 Å². The van der Waals surface area contributed by atoms with Crippen LogP contribution >= 0.6 is 0 Å². The highest BCUT2D eigenvalue weighted by atomic mass is 16.6. The first-order valence-corrected chi connectivity index (χ1v) is 9.01. The van der Waals surface area contributed by atoms with Gasteiger partial charge in [-0.1, -0.05) is 72.8 Å². The molecule has 140 valence electrons. The van der Waals surface area contributed by atoms with E-state index in [1.54, 1.807) is 12.2 Å². The van der Waals surface area contributed by atoms with Crippen LogP contribution < -0.4 is 0 Å². The van der Waals surface area contributed by atoms with Crippen LogP contribution in [0.1, 0.15) is 23.3 Å². The van der Waals surface area contributed by atoms with Gasteiger partial charge < -0.3 is 14.2 Å². The van der Waals surface area contributed by atoms with Gasteiger partial charge in [0.15, 0.2) is 12.2 Å². The fourth-order valence-electron chi connectivity index (χ4n) is 3.17. The smallest absolute Gasteiger partial charge is 0.336 e. The lowest BCUT2D eigenvalue weighted by Gasteiger charge is -2.35. The van der Waals surface area contributed by atoms with Crippen molar-refractivity contribution in [2.45, 2.75) is 18.3 Å². The number of hydrogen-bond donors (Lipinski definition) is 0. The second-order valence-electron chi connectivity index (χ2n) is 6.37. The molecule has 27 heavy (non-hydrogen) atoms. The minimum absolute atomic E-state index is 0.252. The number of ether oxygens (including phenoxy) is 3. The van der Waals surface area contributed by atoms with Crippen molar-refractivity contribution in [2.24, 2.45) is 5.92 Å². The molecule has 1 heterocycles. The third-order valence-corrected chi connectivity index (χ3v) is 4.56. The third kappa shape index (κ3) is 4.54. The molecule has 1 aliphatic heterocycles. The Morgan fingerprint density at radius 1 is 0.963 bits per heavy atom. The molecule has 0 N–H and O–H groups in total. The van der Waals surface area contributed by atoms with Gasteiger partial charge in [0.2, 0.25) is 0 Å². The fourth-order valence-corrected chi connectivity index (χ4v) is 3.17. The van der Waals surface area contributed by atoms with Crippen molar-refractivity contribution >= 4 is 5.97 Å². The Morgan fingerprint density at radius 2 is 1.56 bits per heavy atom. The summed E-state index contributed by atoms with van der Waals surface area (Å²) in [5.74, 6) is -0.722. The zero-order valence-electron chi connectivity index (χ0n) is 15.2.